The number of hydrogen-bond donors (Lipinski definition) is 2. The molecule has 0 radical (unpaired) electrons. The summed E-state index contributed by atoms with van der Waals surface area (Å²) in [6, 6.07) is 0. The predicted octanol–water partition coefficient (Wildman–Crippen LogP) is 3.42. The molecule has 0 aromatic heterocycles. The summed E-state index contributed by atoms with van der Waals surface area (Å²) < 4.78 is 63.8. The summed E-state index contributed by atoms with van der Waals surface area (Å²) in [4.78, 5) is 10.0. The molecule has 0 aliphatic rings. The van der Waals surface area contributed by atoms with Gasteiger partial charge in [-0.25, -0.2) is 26.7 Å². The molecule has 0 spiro atoms. The molecule has 0 heterocycles. The summed E-state index contributed by atoms with van der Waals surface area (Å²) in [6.07, 6.45) is 0.957. The summed E-state index contributed by atoms with van der Waals surface area (Å²) in [5, 5.41) is 9.82. The third kappa shape index (κ3) is 3.94. The van der Waals surface area contributed by atoms with E-state index in [1.165, 1.54) is 0 Å². The van der Waals surface area contributed by atoms with E-state index in [2.05, 4.69) is 0 Å². The molecule has 19 heavy (non-hydrogen) atoms. The highest BCUT2D eigenvalue weighted by atomic mass is 19.2. The van der Waals surface area contributed by atoms with E-state index in [0.717, 1.165) is 0 Å². The summed E-state index contributed by atoms with van der Waals surface area (Å²) in [7, 11) is 0. The van der Waals surface area contributed by atoms with Crippen molar-refractivity contribution in [3.8, 4) is 0 Å². The van der Waals surface area contributed by atoms with Gasteiger partial charge >= 0.3 is 5.97 Å². The van der Waals surface area contributed by atoms with Gasteiger partial charge in [-0.05, 0) is 0 Å². The molecule has 0 aliphatic heterocycles. The number of anilines is 1. The minimum Gasteiger partial charge on any atom is -0.478 e. The number of carboxylic acid groups (broad SMARTS) is 1. The second-order valence-corrected chi connectivity index (χ2v) is 2.76. The molecule has 2 N–H and O–H groups in total. The summed E-state index contributed by atoms with van der Waals surface area (Å²) in [6.45, 7) is 4.00. The SMILES string of the molecule is CC.O=C(O)/C=C/Nc1c(F)c(F)c(F)c(F)c1F. The number of benzene rings is 1. The molecule has 0 amide bonds. The monoisotopic (exact) mass is 283 g/mol. The molecule has 1 rings (SSSR count). The van der Waals surface area contributed by atoms with E-state index in [1.807, 2.05) is 13.8 Å². The minimum atomic E-state index is -2.28. The number of carboxylic acids is 1. The highest BCUT2D eigenvalue weighted by Gasteiger charge is 2.25. The first kappa shape index (κ1) is 16.9. The van der Waals surface area contributed by atoms with Crippen LogP contribution in [0.15, 0.2) is 12.3 Å². The first-order chi connectivity index (χ1) is 8.86. The molecule has 0 bridgehead atoms. The van der Waals surface area contributed by atoms with E-state index in [1.54, 1.807) is 5.32 Å². The lowest BCUT2D eigenvalue weighted by Crippen LogP contribution is -2.06. The van der Waals surface area contributed by atoms with E-state index < -0.39 is 40.7 Å². The van der Waals surface area contributed by atoms with E-state index in [0.29, 0.717) is 12.3 Å². The Labute approximate surface area is 105 Å². The molecule has 0 saturated heterocycles. The zero-order chi connectivity index (χ0) is 15.2. The van der Waals surface area contributed by atoms with Crippen molar-refractivity contribution in [1.29, 1.82) is 0 Å². The molecule has 8 heteroatoms. The number of halogens is 5. The van der Waals surface area contributed by atoms with Crippen LogP contribution in [0.5, 0.6) is 0 Å². The molecule has 1 aromatic rings. The van der Waals surface area contributed by atoms with Gasteiger partial charge in [-0.15, -0.1) is 0 Å². The van der Waals surface area contributed by atoms with Gasteiger partial charge in [0.05, 0.1) is 0 Å². The highest BCUT2D eigenvalue weighted by molar-refractivity contribution is 5.80. The second-order valence-electron chi connectivity index (χ2n) is 2.76. The van der Waals surface area contributed by atoms with Gasteiger partial charge in [-0.1, -0.05) is 13.8 Å². The van der Waals surface area contributed by atoms with Gasteiger partial charge in [-0.2, -0.15) is 0 Å². The minimum absolute atomic E-state index is 0.429. The molecular weight excluding hydrogens is 273 g/mol. The van der Waals surface area contributed by atoms with Crippen molar-refractivity contribution < 1.29 is 31.9 Å². The fourth-order valence-corrected chi connectivity index (χ4v) is 0.928. The fourth-order valence-electron chi connectivity index (χ4n) is 0.928. The van der Waals surface area contributed by atoms with Crippen molar-refractivity contribution in [2.45, 2.75) is 13.8 Å². The maximum Gasteiger partial charge on any atom is 0.329 e. The van der Waals surface area contributed by atoms with E-state index in [9.17, 15) is 26.7 Å². The van der Waals surface area contributed by atoms with Gasteiger partial charge in [0.25, 0.3) is 0 Å². The van der Waals surface area contributed by atoms with Gasteiger partial charge in [0.1, 0.15) is 5.69 Å². The molecule has 0 atom stereocenters. The van der Waals surface area contributed by atoms with Crippen molar-refractivity contribution in [2.75, 3.05) is 5.32 Å². The van der Waals surface area contributed by atoms with Crippen LogP contribution in [0.3, 0.4) is 0 Å². The topological polar surface area (TPSA) is 49.3 Å². The second kappa shape index (κ2) is 7.34. The van der Waals surface area contributed by atoms with Gasteiger partial charge in [0.2, 0.25) is 5.82 Å². The summed E-state index contributed by atoms with van der Waals surface area (Å²) >= 11 is 0. The van der Waals surface area contributed by atoms with Crippen LogP contribution in [-0.2, 0) is 4.79 Å². The lowest BCUT2D eigenvalue weighted by molar-refractivity contribution is -0.131. The Morgan fingerprint density at radius 3 is 1.68 bits per heavy atom. The van der Waals surface area contributed by atoms with Crippen molar-refractivity contribution >= 4 is 11.7 Å². The molecule has 0 saturated carbocycles. The standard InChI is InChI=1S/C9H4F5NO2.C2H6/c10-4-5(11)7(13)9(8(14)6(4)12)15-2-1-3(16)17;1-2/h1-2,15H,(H,16,17);1-2H3/b2-1+;. The van der Waals surface area contributed by atoms with Crippen molar-refractivity contribution in [1.82, 2.24) is 0 Å². The number of hydrogen-bond acceptors (Lipinski definition) is 2. The van der Waals surface area contributed by atoms with Crippen LogP contribution in [0.2, 0.25) is 0 Å². The molecule has 0 unspecified atom stereocenters. The molecule has 0 fully saturated rings. The van der Waals surface area contributed by atoms with Gasteiger partial charge in [-0.3, -0.25) is 0 Å². The molecule has 1 aromatic carbocycles. The Kier molecular flexibility index (Phi) is 6.53. The Balaban J connectivity index is 0.00000154. The third-order valence-corrected chi connectivity index (χ3v) is 1.66. The van der Waals surface area contributed by atoms with Crippen molar-refractivity contribution in [2.24, 2.45) is 0 Å². The molecule has 3 nitrogen and oxygen atoms in total. The highest BCUT2D eigenvalue weighted by Crippen LogP contribution is 2.26. The normalized spacial score (nSPS) is 10.1. The maximum atomic E-state index is 13.0. The van der Waals surface area contributed by atoms with Crippen molar-refractivity contribution in [3.63, 3.8) is 0 Å². The maximum absolute atomic E-state index is 13.0. The van der Waals surface area contributed by atoms with Crippen LogP contribution in [0.1, 0.15) is 13.8 Å². The number of aliphatic carboxylic acids is 1. The first-order valence-corrected chi connectivity index (χ1v) is 5.03. The molecular formula is C11H10F5NO2. The van der Waals surface area contributed by atoms with Crippen LogP contribution in [-0.4, -0.2) is 11.1 Å². The van der Waals surface area contributed by atoms with Crippen molar-refractivity contribution in [3.05, 3.63) is 41.4 Å². The zero-order valence-corrected chi connectivity index (χ0v) is 9.90. The Morgan fingerprint density at radius 1 is 0.947 bits per heavy atom. The fraction of sp³-hybridized carbons (Fsp3) is 0.182. The third-order valence-electron chi connectivity index (χ3n) is 1.66. The predicted molar refractivity (Wildman–Crippen MR) is 58.0 cm³/mol. The number of carbonyl (C=O) groups is 1. The van der Waals surface area contributed by atoms with Crippen LogP contribution in [0, 0.1) is 29.1 Å². The first-order valence-electron chi connectivity index (χ1n) is 5.03. The number of nitrogens with one attached hydrogen (secondary N) is 1. The van der Waals surface area contributed by atoms with E-state index in [4.69, 9.17) is 5.11 Å². The van der Waals surface area contributed by atoms with Crippen LogP contribution < -0.4 is 5.32 Å². The summed E-state index contributed by atoms with van der Waals surface area (Å²) in [5.74, 6) is -12.1. The van der Waals surface area contributed by atoms with Gasteiger partial charge < -0.3 is 10.4 Å². The van der Waals surface area contributed by atoms with Crippen LogP contribution >= 0.6 is 0 Å². The Morgan fingerprint density at radius 2 is 1.32 bits per heavy atom. The van der Waals surface area contributed by atoms with Crippen LogP contribution in [0.4, 0.5) is 27.6 Å². The lowest BCUT2D eigenvalue weighted by atomic mass is 10.2. The van der Waals surface area contributed by atoms with Crippen LogP contribution in [0.25, 0.3) is 0 Å². The largest absolute Gasteiger partial charge is 0.478 e. The van der Waals surface area contributed by atoms with Gasteiger partial charge in [0.15, 0.2) is 23.3 Å². The average molecular weight is 283 g/mol. The quantitative estimate of drug-likeness (QED) is 0.387. The Bertz CT molecular complexity index is 473. The summed E-state index contributed by atoms with van der Waals surface area (Å²) in [5.41, 5.74) is -1.32. The molecule has 0 aliphatic carbocycles. The zero-order valence-electron chi connectivity index (χ0n) is 9.90. The Hall–Kier alpha value is -2.12. The van der Waals surface area contributed by atoms with E-state index in [-0.39, 0.29) is 0 Å². The molecule has 106 valence electrons. The smallest absolute Gasteiger partial charge is 0.329 e. The van der Waals surface area contributed by atoms with E-state index >= 15 is 0 Å². The lowest BCUT2D eigenvalue weighted by Gasteiger charge is -2.07. The average Bonchev–Trinajstić information content (AvgIpc) is 2.40. The van der Waals surface area contributed by atoms with Gasteiger partial charge in [0, 0.05) is 12.3 Å². The number of rotatable bonds is 3.